The van der Waals surface area contributed by atoms with Crippen LogP contribution in [0.25, 0.3) is 17.2 Å². The Kier molecular flexibility index (Phi) is 6.80. The Bertz CT molecular complexity index is 1070. The second kappa shape index (κ2) is 10.1. The molecule has 32 heavy (non-hydrogen) atoms. The maximum Gasteiger partial charge on any atom is 0.407 e. The third-order valence-corrected chi connectivity index (χ3v) is 5.32. The summed E-state index contributed by atoms with van der Waals surface area (Å²) in [6.45, 7) is -2.18. The van der Waals surface area contributed by atoms with Gasteiger partial charge in [-0.3, -0.25) is 0 Å². The summed E-state index contributed by atoms with van der Waals surface area (Å²) in [4.78, 5) is 12.2. The van der Waals surface area contributed by atoms with Crippen LogP contribution >= 0.6 is 0 Å². The molecule has 0 atom stereocenters. The third-order valence-electron chi connectivity index (χ3n) is 5.32. The average molecular weight is 435 g/mol. The van der Waals surface area contributed by atoms with Crippen LogP contribution in [0.15, 0.2) is 78.9 Å². The fourth-order valence-electron chi connectivity index (χ4n) is 3.92. The molecule has 1 N–H and O–H groups in total. The molecule has 0 aromatic heterocycles. The van der Waals surface area contributed by atoms with E-state index in [9.17, 15) is 13.6 Å². The zero-order chi connectivity index (χ0) is 22.3. The molecule has 0 saturated carbocycles. The van der Waals surface area contributed by atoms with Crippen molar-refractivity contribution in [2.75, 3.05) is 13.2 Å². The smallest absolute Gasteiger partial charge is 0.407 e. The van der Waals surface area contributed by atoms with Crippen LogP contribution in [0.3, 0.4) is 0 Å². The summed E-state index contributed by atoms with van der Waals surface area (Å²) in [5.41, 5.74) is 5.45. The zero-order valence-electron chi connectivity index (χ0n) is 17.3. The number of amides is 1. The number of halogens is 2. The predicted octanol–water partition coefficient (Wildman–Crippen LogP) is 6.23. The Morgan fingerprint density at radius 3 is 2.34 bits per heavy atom. The Balaban J connectivity index is 1.25. The molecule has 0 bridgehead atoms. The highest BCUT2D eigenvalue weighted by molar-refractivity contribution is 5.79. The molecule has 3 aromatic carbocycles. The van der Waals surface area contributed by atoms with E-state index in [1.807, 2.05) is 30.3 Å². The molecule has 0 unspecified atom stereocenters. The second-order valence-electron chi connectivity index (χ2n) is 7.39. The van der Waals surface area contributed by atoms with E-state index in [0.29, 0.717) is 13.0 Å². The summed E-state index contributed by atoms with van der Waals surface area (Å²) in [6, 6.07) is 22.8. The van der Waals surface area contributed by atoms with Crippen molar-refractivity contribution in [1.29, 1.82) is 0 Å². The molecule has 0 radical (unpaired) electrons. The standard InChI is InChI=1S/C26H23F2NO3/c27-25(28)32-19-10-7-9-18(16-19)8-5-6-15-29-26(30)31-17-24-22-13-3-1-11-20(22)21-12-2-4-14-23(21)24/h1-5,7-14,16,24-25H,6,15,17H2,(H,29,30). The lowest BCUT2D eigenvalue weighted by Gasteiger charge is -2.14. The Hall–Kier alpha value is -3.67. The minimum absolute atomic E-state index is 0.0239. The maximum absolute atomic E-state index is 12.3. The Morgan fingerprint density at radius 1 is 0.969 bits per heavy atom. The lowest BCUT2D eigenvalue weighted by molar-refractivity contribution is -0.0498. The molecular formula is C26H23F2NO3. The van der Waals surface area contributed by atoms with E-state index in [0.717, 1.165) is 5.56 Å². The highest BCUT2D eigenvalue weighted by Crippen LogP contribution is 2.44. The first-order chi connectivity index (χ1) is 15.6. The monoisotopic (exact) mass is 435 g/mol. The van der Waals surface area contributed by atoms with E-state index < -0.39 is 12.7 Å². The van der Waals surface area contributed by atoms with Gasteiger partial charge in [-0.05, 0) is 46.4 Å². The highest BCUT2D eigenvalue weighted by atomic mass is 19.3. The summed E-state index contributed by atoms with van der Waals surface area (Å²) >= 11 is 0. The average Bonchev–Trinajstić information content (AvgIpc) is 3.11. The van der Waals surface area contributed by atoms with Gasteiger partial charge in [0.25, 0.3) is 0 Å². The summed E-state index contributed by atoms with van der Waals surface area (Å²) < 4.78 is 34.5. The lowest BCUT2D eigenvalue weighted by atomic mass is 9.98. The van der Waals surface area contributed by atoms with Gasteiger partial charge in [-0.1, -0.05) is 72.8 Å². The molecule has 0 saturated heterocycles. The second-order valence-corrected chi connectivity index (χ2v) is 7.39. The first-order valence-electron chi connectivity index (χ1n) is 10.4. The van der Waals surface area contributed by atoms with Crippen LogP contribution in [-0.2, 0) is 4.74 Å². The number of alkyl halides is 2. The van der Waals surface area contributed by atoms with Crippen molar-refractivity contribution in [1.82, 2.24) is 5.32 Å². The van der Waals surface area contributed by atoms with Gasteiger partial charge in [0.05, 0.1) is 0 Å². The van der Waals surface area contributed by atoms with Gasteiger partial charge in [0.2, 0.25) is 0 Å². The molecule has 0 aliphatic heterocycles. The third kappa shape index (κ3) is 5.14. The van der Waals surface area contributed by atoms with E-state index in [-0.39, 0.29) is 18.3 Å². The quantitative estimate of drug-likeness (QED) is 0.427. The Morgan fingerprint density at radius 2 is 1.66 bits per heavy atom. The molecule has 0 fully saturated rings. The van der Waals surface area contributed by atoms with Crippen LogP contribution in [0.5, 0.6) is 5.75 Å². The number of nitrogens with one attached hydrogen (secondary N) is 1. The number of carbonyl (C=O) groups excluding carboxylic acids is 1. The predicted molar refractivity (Wildman–Crippen MR) is 120 cm³/mol. The van der Waals surface area contributed by atoms with Gasteiger partial charge in [-0.2, -0.15) is 8.78 Å². The van der Waals surface area contributed by atoms with Gasteiger partial charge in [0.1, 0.15) is 12.4 Å². The molecule has 1 amide bonds. The largest absolute Gasteiger partial charge is 0.449 e. The van der Waals surface area contributed by atoms with E-state index in [4.69, 9.17) is 4.74 Å². The fourth-order valence-corrected chi connectivity index (χ4v) is 3.92. The van der Waals surface area contributed by atoms with Gasteiger partial charge in [0.15, 0.2) is 0 Å². The number of hydrogen-bond donors (Lipinski definition) is 1. The number of fused-ring (bicyclic) bond motifs is 3. The van der Waals surface area contributed by atoms with Crippen LogP contribution in [0.2, 0.25) is 0 Å². The van der Waals surface area contributed by atoms with E-state index in [1.165, 1.54) is 34.4 Å². The van der Waals surface area contributed by atoms with Gasteiger partial charge < -0.3 is 14.8 Å². The highest BCUT2D eigenvalue weighted by Gasteiger charge is 2.28. The SMILES string of the molecule is O=C(NCCC=Cc1cccc(OC(F)F)c1)OCC1c2ccccc2-c2ccccc21. The number of rotatable bonds is 8. The van der Waals surface area contributed by atoms with E-state index in [2.05, 4.69) is 34.3 Å². The van der Waals surface area contributed by atoms with Crippen molar-refractivity contribution >= 4 is 12.2 Å². The molecular weight excluding hydrogens is 412 g/mol. The fraction of sp³-hybridized carbons (Fsp3) is 0.192. The van der Waals surface area contributed by atoms with Crippen molar-refractivity contribution in [3.63, 3.8) is 0 Å². The van der Waals surface area contributed by atoms with Crippen molar-refractivity contribution in [3.8, 4) is 16.9 Å². The van der Waals surface area contributed by atoms with Crippen molar-refractivity contribution in [3.05, 3.63) is 95.6 Å². The molecule has 1 aliphatic rings. The minimum Gasteiger partial charge on any atom is -0.449 e. The Labute approximate surface area is 185 Å². The van der Waals surface area contributed by atoms with Crippen LogP contribution in [0.1, 0.15) is 29.0 Å². The zero-order valence-corrected chi connectivity index (χ0v) is 17.3. The number of carbonyl (C=O) groups is 1. The lowest BCUT2D eigenvalue weighted by Crippen LogP contribution is -2.26. The topological polar surface area (TPSA) is 47.6 Å². The van der Waals surface area contributed by atoms with Gasteiger partial charge >= 0.3 is 12.7 Å². The van der Waals surface area contributed by atoms with Crippen LogP contribution < -0.4 is 10.1 Å². The van der Waals surface area contributed by atoms with Crippen molar-refractivity contribution in [2.24, 2.45) is 0 Å². The first kappa shape index (κ1) is 21.6. The first-order valence-corrected chi connectivity index (χ1v) is 10.4. The van der Waals surface area contributed by atoms with Gasteiger partial charge in [0, 0.05) is 12.5 Å². The molecule has 164 valence electrons. The van der Waals surface area contributed by atoms with Crippen LogP contribution in [0, 0.1) is 0 Å². The van der Waals surface area contributed by atoms with Crippen LogP contribution in [0.4, 0.5) is 13.6 Å². The number of hydrogen-bond acceptors (Lipinski definition) is 3. The molecule has 1 aliphatic carbocycles. The minimum atomic E-state index is -2.85. The molecule has 6 heteroatoms. The normalized spacial score (nSPS) is 12.6. The summed E-state index contributed by atoms with van der Waals surface area (Å²) in [6.07, 6.45) is 3.75. The number of ether oxygens (including phenoxy) is 2. The van der Waals surface area contributed by atoms with Crippen molar-refractivity contribution < 1.29 is 23.0 Å². The summed E-state index contributed by atoms with van der Waals surface area (Å²) in [5, 5.41) is 2.74. The van der Waals surface area contributed by atoms with Gasteiger partial charge in [-0.25, -0.2) is 4.79 Å². The number of benzene rings is 3. The molecule has 4 rings (SSSR count). The molecule has 4 nitrogen and oxygen atoms in total. The maximum atomic E-state index is 12.3. The van der Waals surface area contributed by atoms with E-state index in [1.54, 1.807) is 18.2 Å². The molecule has 3 aromatic rings. The molecule has 0 heterocycles. The van der Waals surface area contributed by atoms with Crippen molar-refractivity contribution in [2.45, 2.75) is 19.0 Å². The summed E-state index contributed by atoms with van der Waals surface area (Å²) in [7, 11) is 0. The molecule has 0 spiro atoms. The number of alkyl carbamates (subject to hydrolysis) is 1. The van der Waals surface area contributed by atoms with E-state index >= 15 is 0 Å². The van der Waals surface area contributed by atoms with Crippen LogP contribution in [-0.4, -0.2) is 25.9 Å². The summed E-state index contributed by atoms with van der Waals surface area (Å²) in [5.74, 6) is 0.134. The van der Waals surface area contributed by atoms with Gasteiger partial charge in [-0.15, -0.1) is 0 Å².